The summed E-state index contributed by atoms with van der Waals surface area (Å²) < 4.78 is 5.20. The maximum absolute atomic E-state index is 9.99. The molecule has 2 aromatic rings. The quantitative estimate of drug-likeness (QED) is 0.840. The van der Waals surface area contributed by atoms with Gasteiger partial charge in [-0.05, 0) is 43.8 Å². The summed E-state index contributed by atoms with van der Waals surface area (Å²) in [5, 5.41) is 15.6. The van der Waals surface area contributed by atoms with Gasteiger partial charge in [-0.1, -0.05) is 6.07 Å². The lowest BCUT2D eigenvalue weighted by Gasteiger charge is -2.20. The number of aliphatic hydroxyl groups excluding tert-OH is 1. The third-order valence-electron chi connectivity index (χ3n) is 2.95. The van der Waals surface area contributed by atoms with Crippen molar-refractivity contribution in [1.82, 2.24) is 5.32 Å². The Morgan fingerprint density at radius 1 is 1.33 bits per heavy atom. The van der Waals surface area contributed by atoms with Crippen LogP contribution in [0.3, 0.4) is 0 Å². The highest BCUT2D eigenvalue weighted by Crippen LogP contribution is 2.22. The minimum atomic E-state index is -0.543. The molecule has 0 aliphatic heterocycles. The van der Waals surface area contributed by atoms with Crippen LogP contribution in [0.5, 0.6) is 0 Å². The van der Waals surface area contributed by atoms with Gasteiger partial charge in [-0.15, -0.1) is 11.3 Å². The first kappa shape index (κ1) is 13.3. The van der Waals surface area contributed by atoms with Crippen LogP contribution in [-0.4, -0.2) is 11.1 Å². The molecule has 0 aliphatic rings. The number of rotatable bonds is 6. The Labute approximate surface area is 111 Å². The molecule has 0 fully saturated rings. The van der Waals surface area contributed by atoms with Gasteiger partial charge in [0.1, 0.15) is 11.9 Å². The zero-order valence-corrected chi connectivity index (χ0v) is 11.5. The third kappa shape index (κ3) is 3.45. The number of aliphatic hydroxyl groups is 1. The van der Waals surface area contributed by atoms with Gasteiger partial charge in [-0.3, -0.25) is 0 Å². The van der Waals surface area contributed by atoms with Crippen LogP contribution in [0.1, 0.15) is 43.1 Å². The molecule has 0 bridgehead atoms. The molecule has 2 heterocycles. The molecule has 2 N–H and O–H groups in total. The molecule has 0 aliphatic carbocycles. The van der Waals surface area contributed by atoms with Crippen molar-refractivity contribution in [3.8, 4) is 0 Å². The summed E-state index contributed by atoms with van der Waals surface area (Å²) in [5.74, 6) is 0.632. The Bertz CT molecular complexity index is 396. The highest BCUT2D eigenvalue weighted by atomic mass is 32.1. The van der Waals surface area contributed by atoms with Crippen LogP contribution in [0.2, 0.25) is 0 Å². The summed E-state index contributed by atoms with van der Waals surface area (Å²) in [6, 6.07) is 8.31. The average molecular weight is 265 g/mol. The lowest BCUT2D eigenvalue weighted by molar-refractivity contribution is 0.127. The fourth-order valence-corrected chi connectivity index (χ4v) is 2.79. The van der Waals surface area contributed by atoms with E-state index in [0.29, 0.717) is 18.2 Å². The maximum atomic E-state index is 9.99. The SMILES string of the molecule is CC(CC(O)c1ccco1)NC(C)c1cccs1. The van der Waals surface area contributed by atoms with Gasteiger partial charge >= 0.3 is 0 Å². The van der Waals surface area contributed by atoms with Gasteiger partial charge < -0.3 is 14.8 Å². The van der Waals surface area contributed by atoms with Crippen molar-refractivity contribution >= 4 is 11.3 Å². The Morgan fingerprint density at radius 2 is 2.17 bits per heavy atom. The van der Waals surface area contributed by atoms with E-state index in [2.05, 4.69) is 36.7 Å². The van der Waals surface area contributed by atoms with Crippen molar-refractivity contribution in [1.29, 1.82) is 0 Å². The molecule has 3 atom stereocenters. The monoisotopic (exact) mass is 265 g/mol. The number of nitrogens with one attached hydrogen (secondary N) is 1. The van der Waals surface area contributed by atoms with Crippen LogP contribution >= 0.6 is 11.3 Å². The molecule has 0 saturated carbocycles. The summed E-state index contributed by atoms with van der Waals surface area (Å²) in [4.78, 5) is 1.31. The predicted octanol–water partition coefficient (Wildman–Crippen LogP) is 3.50. The lowest BCUT2D eigenvalue weighted by atomic mass is 10.1. The topological polar surface area (TPSA) is 45.4 Å². The van der Waals surface area contributed by atoms with Gasteiger partial charge in [0.2, 0.25) is 0 Å². The molecule has 2 aromatic heterocycles. The molecule has 2 rings (SSSR count). The van der Waals surface area contributed by atoms with E-state index >= 15 is 0 Å². The minimum absolute atomic E-state index is 0.224. The zero-order valence-electron chi connectivity index (χ0n) is 10.7. The molecule has 3 nitrogen and oxygen atoms in total. The average Bonchev–Trinajstić information content (AvgIpc) is 3.02. The summed E-state index contributed by atoms with van der Waals surface area (Å²) >= 11 is 1.75. The fourth-order valence-electron chi connectivity index (χ4n) is 2.05. The highest BCUT2D eigenvalue weighted by molar-refractivity contribution is 7.10. The molecule has 18 heavy (non-hydrogen) atoms. The van der Waals surface area contributed by atoms with Gasteiger partial charge in [0.05, 0.1) is 6.26 Å². The summed E-state index contributed by atoms with van der Waals surface area (Å²) in [6.45, 7) is 4.22. The van der Waals surface area contributed by atoms with Gasteiger partial charge in [-0.25, -0.2) is 0 Å². The molecule has 0 amide bonds. The van der Waals surface area contributed by atoms with Crippen LogP contribution < -0.4 is 5.32 Å². The van der Waals surface area contributed by atoms with Gasteiger partial charge in [0, 0.05) is 17.0 Å². The van der Waals surface area contributed by atoms with E-state index in [-0.39, 0.29) is 6.04 Å². The van der Waals surface area contributed by atoms with Crippen LogP contribution in [0.25, 0.3) is 0 Å². The Hall–Kier alpha value is -1.10. The Morgan fingerprint density at radius 3 is 2.78 bits per heavy atom. The first-order valence-corrected chi connectivity index (χ1v) is 7.05. The van der Waals surface area contributed by atoms with E-state index in [1.807, 2.05) is 0 Å². The molecule has 0 aromatic carbocycles. The van der Waals surface area contributed by atoms with E-state index in [9.17, 15) is 5.11 Å². The molecular formula is C14H19NO2S. The normalized spacial score (nSPS) is 16.4. The van der Waals surface area contributed by atoms with Crippen molar-refractivity contribution in [3.63, 3.8) is 0 Å². The van der Waals surface area contributed by atoms with Crippen LogP contribution in [0.4, 0.5) is 0 Å². The molecule has 0 spiro atoms. The van der Waals surface area contributed by atoms with E-state index in [1.54, 1.807) is 29.7 Å². The molecule has 3 unspecified atom stereocenters. The van der Waals surface area contributed by atoms with Crippen LogP contribution in [-0.2, 0) is 0 Å². The molecule has 0 radical (unpaired) electrons. The molecular weight excluding hydrogens is 246 g/mol. The largest absolute Gasteiger partial charge is 0.467 e. The second-order valence-corrected chi connectivity index (χ2v) is 5.55. The maximum Gasteiger partial charge on any atom is 0.132 e. The fraction of sp³-hybridized carbons (Fsp3) is 0.429. The summed E-state index contributed by atoms with van der Waals surface area (Å²) in [5.41, 5.74) is 0. The van der Waals surface area contributed by atoms with Crippen molar-refractivity contribution in [2.45, 2.75) is 38.5 Å². The standard InChI is InChI=1S/C14H19NO2S/c1-10(9-12(16)13-5-3-7-17-13)15-11(2)14-6-4-8-18-14/h3-8,10-12,15-16H,9H2,1-2H3. The van der Waals surface area contributed by atoms with Crippen LogP contribution in [0.15, 0.2) is 40.3 Å². The second-order valence-electron chi connectivity index (χ2n) is 4.57. The second kappa shape index (κ2) is 6.18. The van der Waals surface area contributed by atoms with Crippen molar-refractivity contribution in [2.75, 3.05) is 0 Å². The predicted molar refractivity (Wildman–Crippen MR) is 73.6 cm³/mol. The molecule has 98 valence electrons. The number of thiophene rings is 1. The van der Waals surface area contributed by atoms with Crippen LogP contribution in [0, 0.1) is 0 Å². The van der Waals surface area contributed by atoms with Gasteiger partial charge in [0.25, 0.3) is 0 Å². The van der Waals surface area contributed by atoms with E-state index in [1.165, 1.54) is 4.88 Å². The van der Waals surface area contributed by atoms with E-state index in [0.717, 1.165) is 0 Å². The molecule has 0 saturated heterocycles. The number of hydrogen-bond donors (Lipinski definition) is 2. The Kier molecular flexibility index (Phi) is 4.58. The van der Waals surface area contributed by atoms with Gasteiger partial charge in [0.15, 0.2) is 0 Å². The third-order valence-corrected chi connectivity index (χ3v) is 4.01. The lowest BCUT2D eigenvalue weighted by Crippen LogP contribution is -2.30. The van der Waals surface area contributed by atoms with E-state index in [4.69, 9.17) is 4.42 Å². The summed E-state index contributed by atoms with van der Waals surface area (Å²) in [7, 11) is 0. The highest BCUT2D eigenvalue weighted by Gasteiger charge is 2.16. The van der Waals surface area contributed by atoms with Crippen molar-refractivity contribution < 1.29 is 9.52 Å². The van der Waals surface area contributed by atoms with Crippen molar-refractivity contribution in [3.05, 3.63) is 46.5 Å². The summed E-state index contributed by atoms with van der Waals surface area (Å²) in [6.07, 6.45) is 1.69. The zero-order chi connectivity index (χ0) is 13.0. The Balaban J connectivity index is 1.83. The number of furan rings is 1. The van der Waals surface area contributed by atoms with E-state index < -0.39 is 6.10 Å². The van der Waals surface area contributed by atoms with Crippen molar-refractivity contribution in [2.24, 2.45) is 0 Å². The minimum Gasteiger partial charge on any atom is -0.467 e. The first-order valence-electron chi connectivity index (χ1n) is 6.17. The van der Waals surface area contributed by atoms with Gasteiger partial charge in [-0.2, -0.15) is 0 Å². The smallest absolute Gasteiger partial charge is 0.132 e. The number of hydrogen-bond acceptors (Lipinski definition) is 4. The molecule has 4 heteroatoms. The first-order chi connectivity index (χ1) is 8.66.